The van der Waals surface area contributed by atoms with E-state index in [-0.39, 0.29) is 17.7 Å². The van der Waals surface area contributed by atoms with Crippen molar-refractivity contribution in [2.75, 3.05) is 13.2 Å². The van der Waals surface area contributed by atoms with Crippen LogP contribution in [0.5, 0.6) is 0 Å². The van der Waals surface area contributed by atoms with Gasteiger partial charge in [-0.1, -0.05) is 0 Å². The van der Waals surface area contributed by atoms with Crippen molar-refractivity contribution in [2.24, 2.45) is 7.05 Å². The normalized spacial score (nSPS) is 22.8. The van der Waals surface area contributed by atoms with Gasteiger partial charge in [0, 0.05) is 32.1 Å². The van der Waals surface area contributed by atoms with Gasteiger partial charge in [0.25, 0.3) is 5.91 Å². The molecule has 1 aliphatic heterocycles. The number of hydrogen-bond donors (Lipinski definition) is 1. The van der Waals surface area contributed by atoms with Gasteiger partial charge in [-0.2, -0.15) is 5.10 Å². The summed E-state index contributed by atoms with van der Waals surface area (Å²) in [7, 11) is 1.77. The largest absolute Gasteiger partial charge is 0.348 e. The van der Waals surface area contributed by atoms with Crippen LogP contribution < -0.4 is 5.32 Å². The Kier molecular flexibility index (Phi) is 3.28. The zero-order valence-corrected chi connectivity index (χ0v) is 11.1. The predicted octanol–water partition coefficient (Wildman–Crippen LogP) is 0.836. The second kappa shape index (κ2) is 4.94. The van der Waals surface area contributed by atoms with E-state index in [1.165, 1.54) is 0 Å². The molecule has 6 nitrogen and oxygen atoms in total. The van der Waals surface area contributed by atoms with Crippen LogP contribution in [0.15, 0.2) is 12.3 Å². The third-order valence-corrected chi connectivity index (χ3v) is 3.95. The molecule has 1 spiro atoms. The average Bonchev–Trinajstić information content (AvgIpc) is 3.02. The van der Waals surface area contributed by atoms with Gasteiger partial charge in [-0.3, -0.25) is 9.48 Å². The Balaban J connectivity index is 1.55. The Hall–Kier alpha value is -1.40. The van der Waals surface area contributed by atoms with E-state index in [2.05, 4.69) is 10.4 Å². The molecule has 2 aliphatic rings. The Morgan fingerprint density at radius 3 is 2.68 bits per heavy atom. The summed E-state index contributed by atoms with van der Waals surface area (Å²) in [5.74, 6) is -0.428. The molecule has 2 heterocycles. The van der Waals surface area contributed by atoms with Gasteiger partial charge >= 0.3 is 0 Å². The first kappa shape index (κ1) is 12.6. The lowest BCUT2D eigenvalue weighted by atomic mass is 9.90. The molecular formula is C13H19N3O3. The van der Waals surface area contributed by atoms with E-state index in [9.17, 15) is 4.79 Å². The SMILES string of the molecule is Cn1nccc1C(=O)NC1CCC2(CC1)OCCO2. The van der Waals surface area contributed by atoms with Crippen LogP contribution in [0.1, 0.15) is 36.2 Å². The van der Waals surface area contributed by atoms with Gasteiger partial charge in [0.15, 0.2) is 5.79 Å². The second-order valence-electron chi connectivity index (χ2n) is 5.20. The molecular weight excluding hydrogens is 246 g/mol. The van der Waals surface area contributed by atoms with Crippen molar-refractivity contribution in [2.45, 2.75) is 37.5 Å². The molecule has 0 radical (unpaired) electrons. The summed E-state index contributed by atoms with van der Waals surface area (Å²) in [5.41, 5.74) is 0.591. The minimum absolute atomic E-state index is 0.0609. The molecule has 1 aromatic rings. The van der Waals surface area contributed by atoms with Crippen molar-refractivity contribution in [1.29, 1.82) is 0 Å². The van der Waals surface area contributed by atoms with Crippen molar-refractivity contribution in [3.8, 4) is 0 Å². The standard InChI is InChI=1S/C13H19N3O3/c1-16-11(4-7-14-16)12(17)15-10-2-5-13(6-3-10)18-8-9-19-13/h4,7,10H,2-3,5-6,8-9H2,1H3,(H,15,17). The summed E-state index contributed by atoms with van der Waals surface area (Å²) in [6, 6.07) is 1.92. The number of rotatable bonds is 2. The monoisotopic (exact) mass is 265 g/mol. The third-order valence-electron chi connectivity index (χ3n) is 3.95. The number of nitrogens with one attached hydrogen (secondary N) is 1. The summed E-state index contributed by atoms with van der Waals surface area (Å²) in [4.78, 5) is 12.1. The molecule has 1 amide bonds. The first-order valence-electron chi connectivity index (χ1n) is 6.75. The number of aromatic nitrogens is 2. The van der Waals surface area contributed by atoms with E-state index < -0.39 is 0 Å². The molecule has 2 fully saturated rings. The summed E-state index contributed by atoms with van der Waals surface area (Å²) in [6.07, 6.45) is 5.12. The van der Waals surface area contributed by atoms with Crippen LogP contribution in [0.25, 0.3) is 0 Å². The van der Waals surface area contributed by atoms with Gasteiger partial charge in [0.05, 0.1) is 13.2 Å². The fourth-order valence-corrected chi connectivity index (χ4v) is 2.84. The second-order valence-corrected chi connectivity index (χ2v) is 5.20. The molecule has 19 heavy (non-hydrogen) atoms. The van der Waals surface area contributed by atoms with Crippen LogP contribution in [0.4, 0.5) is 0 Å². The maximum Gasteiger partial charge on any atom is 0.269 e. The molecule has 0 atom stereocenters. The van der Waals surface area contributed by atoms with E-state index in [4.69, 9.17) is 9.47 Å². The molecule has 0 unspecified atom stereocenters. The van der Waals surface area contributed by atoms with Crippen LogP contribution in [-0.2, 0) is 16.5 Å². The number of nitrogens with zero attached hydrogens (tertiary/aromatic N) is 2. The number of aryl methyl sites for hydroxylation is 1. The maximum atomic E-state index is 12.1. The van der Waals surface area contributed by atoms with E-state index in [1.54, 1.807) is 24.0 Å². The Labute approximate surface area is 112 Å². The van der Waals surface area contributed by atoms with Crippen molar-refractivity contribution < 1.29 is 14.3 Å². The van der Waals surface area contributed by atoms with Crippen LogP contribution >= 0.6 is 0 Å². The zero-order chi connectivity index (χ0) is 13.3. The Morgan fingerprint density at radius 1 is 1.42 bits per heavy atom. The van der Waals surface area contributed by atoms with Crippen LogP contribution in [-0.4, -0.2) is 40.7 Å². The highest BCUT2D eigenvalue weighted by molar-refractivity contribution is 5.92. The van der Waals surface area contributed by atoms with Gasteiger partial charge in [0.2, 0.25) is 0 Å². The number of ether oxygens (including phenoxy) is 2. The average molecular weight is 265 g/mol. The number of hydrogen-bond acceptors (Lipinski definition) is 4. The molecule has 1 aromatic heterocycles. The molecule has 1 saturated heterocycles. The summed E-state index contributed by atoms with van der Waals surface area (Å²) in [5, 5.41) is 7.06. The highest BCUT2D eigenvalue weighted by Crippen LogP contribution is 2.35. The van der Waals surface area contributed by atoms with Gasteiger partial charge in [-0.05, 0) is 18.9 Å². The van der Waals surface area contributed by atoms with Crippen molar-refractivity contribution >= 4 is 5.91 Å². The number of carbonyl (C=O) groups is 1. The third kappa shape index (κ3) is 2.50. The summed E-state index contributed by atoms with van der Waals surface area (Å²) >= 11 is 0. The molecule has 6 heteroatoms. The molecule has 0 bridgehead atoms. The van der Waals surface area contributed by atoms with E-state index in [0.717, 1.165) is 25.7 Å². The molecule has 1 N–H and O–H groups in total. The van der Waals surface area contributed by atoms with E-state index in [1.807, 2.05) is 0 Å². The molecule has 1 aliphatic carbocycles. The quantitative estimate of drug-likeness (QED) is 0.860. The van der Waals surface area contributed by atoms with Gasteiger partial charge < -0.3 is 14.8 Å². The Bertz CT molecular complexity index is 455. The zero-order valence-electron chi connectivity index (χ0n) is 11.1. The van der Waals surface area contributed by atoms with Crippen molar-refractivity contribution in [3.63, 3.8) is 0 Å². The van der Waals surface area contributed by atoms with Crippen LogP contribution in [0, 0.1) is 0 Å². The van der Waals surface area contributed by atoms with Crippen LogP contribution in [0.3, 0.4) is 0 Å². The highest BCUT2D eigenvalue weighted by Gasteiger charge is 2.40. The van der Waals surface area contributed by atoms with E-state index >= 15 is 0 Å². The van der Waals surface area contributed by atoms with E-state index in [0.29, 0.717) is 18.9 Å². The first-order valence-corrected chi connectivity index (χ1v) is 6.75. The molecule has 0 aromatic carbocycles. The summed E-state index contributed by atoms with van der Waals surface area (Å²) < 4.78 is 12.9. The van der Waals surface area contributed by atoms with Crippen molar-refractivity contribution in [1.82, 2.24) is 15.1 Å². The number of amides is 1. The fourth-order valence-electron chi connectivity index (χ4n) is 2.84. The smallest absolute Gasteiger partial charge is 0.269 e. The van der Waals surface area contributed by atoms with Crippen LogP contribution in [0.2, 0.25) is 0 Å². The Morgan fingerprint density at radius 2 is 2.11 bits per heavy atom. The topological polar surface area (TPSA) is 65.4 Å². The summed E-state index contributed by atoms with van der Waals surface area (Å²) in [6.45, 7) is 1.37. The minimum atomic E-state index is -0.367. The molecule has 104 valence electrons. The maximum absolute atomic E-state index is 12.1. The van der Waals surface area contributed by atoms with Crippen molar-refractivity contribution in [3.05, 3.63) is 18.0 Å². The first-order chi connectivity index (χ1) is 9.19. The lowest BCUT2D eigenvalue weighted by Gasteiger charge is -2.35. The fraction of sp³-hybridized carbons (Fsp3) is 0.692. The van der Waals surface area contributed by atoms with Gasteiger partial charge in [-0.15, -0.1) is 0 Å². The minimum Gasteiger partial charge on any atom is -0.348 e. The molecule has 3 rings (SSSR count). The van der Waals surface area contributed by atoms with Gasteiger partial charge in [0.1, 0.15) is 5.69 Å². The molecule has 1 saturated carbocycles. The van der Waals surface area contributed by atoms with Gasteiger partial charge in [-0.25, -0.2) is 0 Å². The number of carbonyl (C=O) groups excluding carboxylic acids is 1. The lowest BCUT2D eigenvalue weighted by molar-refractivity contribution is -0.179. The predicted molar refractivity (Wildman–Crippen MR) is 67.6 cm³/mol. The lowest BCUT2D eigenvalue weighted by Crippen LogP contribution is -2.44. The highest BCUT2D eigenvalue weighted by atomic mass is 16.7.